The first-order chi connectivity index (χ1) is 9.61. The van der Waals surface area contributed by atoms with Crippen molar-refractivity contribution in [2.24, 2.45) is 5.41 Å². The lowest BCUT2D eigenvalue weighted by Gasteiger charge is -2.16. The smallest absolute Gasteiger partial charge is 0.119 e. The fraction of sp³-hybridized carbons (Fsp3) is 0.471. The molecule has 0 fully saturated rings. The molecule has 0 saturated heterocycles. The zero-order valence-electron chi connectivity index (χ0n) is 12.3. The van der Waals surface area contributed by atoms with Crippen LogP contribution in [-0.2, 0) is 0 Å². The molecule has 0 saturated carbocycles. The number of nitriles is 1. The molecule has 1 aromatic rings. The summed E-state index contributed by atoms with van der Waals surface area (Å²) in [4.78, 5) is 0. The van der Waals surface area contributed by atoms with Gasteiger partial charge in [0, 0.05) is 6.54 Å². The van der Waals surface area contributed by atoms with Crippen LogP contribution in [0.15, 0.2) is 30.3 Å². The van der Waals surface area contributed by atoms with Gasteiger partial charge in [0.25, 0.3) is 0 Å². The van der Waals surface area contributed by atoms with Crippen molar-refractivity contribution in [2.45, 2.75) is 26.7 Å². The van der Waals surface area contributed by atoms with Crippen molar-refractivity contribution in [1.29, 1.82) is 5.26 Å². The second kappa shape index (κ2) is 6.58. The molecule has 0 bridgehead atoms. The standard InChI is InChI=1S/C17H22N2O/c1-17(2,13-18)9-12-20-16-5-3-14(4-6-16)15-7-10-19-11-8-15/h3-7,19H,8-12H2,1-2H3. The number of nitrogens with one attached hydrogen (secondary N) is 1. The number of nitrogens with zero attached hydrogens (tertiary/aromatic N) is 1. The van der Waals surface area contributed by atoms with Gasteiger partial charge in [0.1, 0.15) is 5.75 Å². The first-order valence-corrected chi connectivity index (χ1v) is 7.15. The number of hydrogen-bond donors (Lipinski definition) is 1. The van der Waals surface area contributed by atoms with Crippen molar-refractivity contribution >= 4 is 5.57 Å². The summed E-state index contributed by atoms with van der Waals surface area (Å²) < 4.78 is 5.70. The molecule has 106 valence electrons. The van der Waals surface area contributed by atoms with E-state index < -0.39 is 0 Å². The van der Waals surface area contributed by atoms with Crippen LogP contribution < -0.4 is 10.1 Å². The zero-order chi connectivity index (χ0) is 14.4. The Balaban J connectivity index is 1.89. The molecule has 0 spiro atoms. The predicted molar refractivity (Wildman–Crippen MR) is 81.4 cm³/mol. The normalized spacial score (nSPS) is 15.3. The minimum absolute atomic E-state index is 0.320. The van der Waals surface area contributed by atoms with Gasteiger partial charge in [-0.3, -0.25) is 0 Å². The maximum absolute atomic E-state index is 8.95. The Labute approximate surface area is 121 Å². The molecule has 0 unspecified atom stereocenters. The Bertz CT molecular complexity index is 509. The van der Waals surface area contributed by atoms with E-state index in [2.05, 4.69) is 29.6 Å². The minimum Gasteiger partial charge on any atom is -0.494 e. The maximum Gasteiger partial charge on any atom is 0.119 e. The van der Waals surface area contributed by atoms with E-state index in [1.54, 1.807) is 0 Å². The Hall–Kier alpha value is -1.79. The fourth-order valence-electron chi connectivity index (χ4n) is 2.13. The Morgan fingerprint density at radius 3 is 2.65 bits per heavy atom. The highest BCUT2D eigenvalue weighted by Gasteiger charge is 2.16. The first-order valence-electron chi connectivity index (χ1n) is 7.15. The van der Waals surface area contributed by atoms with Gasteiger partial charge < -0.3 is 10.1 Å². The van der Waals surface area contributed by atoms with E-state index in [1.807, 2.05) is 26.0 Å². The number of rotatable bonds is 5. The van der Waals surface area contributed by atoms with E-state index in [0.29, 0.717) is 6.61 Å². The maximum atomic E-state index is 8.95. The van der Waals surface area contributed by atoms with Gasteiger partial charge in [0.15, 0.2) is 0 Å². The SMILES string of the molecule is CC(C)(C#N)CCOc1ccc(C2=CCNCC2)cc1. The monoisotopic (exact) mass is 270 g/mol. The van der Waals surface area contributed by atoms with Crippen LogP contribution >= 0.6 is 0 Å². The van der Waals surface area contributed by atoms with Crippen molar-refractivity contribution in [3.05, 3.63) is 35.9 Å². The van der Waals surface area contributed by atoms with E-state index in [4.69, 9.17) is 10.00 Å². The zero-order valence-corrected chi connectivity index (χ0v) is 12.3. The van der Waals surface area contributed by atoms with Crippen molar-refractivity contribution in [3.8, 4) is 11.8 Å². The molecule has 20 heavy (non-hydrogen) atoms. The first kappa shape index (κ1) is 14.6. The van der Waals surface area contributed by atoms with E-state index >= 15 is 0 Å². The van der Waals surface area contributed by atoms with Crippen LogP contribution in [0.2, 0.25) is 0 Å². The lowest BCUT2D eigenvalue weighted by Crippen LogP contribution is -2.19. The van der Waals surface area contributed by atoms with Crippen LogP contribution in [-0.4, -0.2) is 19.7 Å². The third kappa shape index (κ3) is 4.11. The Morgan fingerprint density at radius 1 is 1.30 bits per heavy atom. The molecular weight excluding hydrogens is 248 g/mol. The summed E-state index contributed by atoms with van der Waals surface area (Å²) >= 11 is 0. The molecule has 0 aromatic heterocycles. The van der Waals surface area contributed by atoms with E-state index in [9.17, 15) is 0 Å². The topological polar surface area (TPSA) is 45.0 Å². The van der Waals surface area contributed by atoms with Crippen LogP contribution in [0.1, 0.15) is 32.3 Å². The highest BCUT2D eigenvalue weighted by Crippen LogP contribution is 2.23. The highest BCUT2D eigenvalue weighted by atomic mass is 16.5. The number of benzene rings is 1. The van der Waals surface area contributed by atoms with E-state index in [-0.39, 0.29) is 5.41 Å². The van der Waals surface area contributed by atoms with Crippen LogP contribution in [0.25, 0.3) is 5.57 Å². The summed E-state index contributed by atoms with van der Waals surface area (Å²) in [6, 6.07) is 10.5. The molecular formula is C17H22N2O. The third-order valence-corrected chi connectivity index (χ3v) is 3.59. The molecule has 0 aliphatic carbocycles. The second-order valence-electron chi connectivity index (χ2n) is 5.80. The summed E-state index contributed by atoms with van der Waals surface area (Å²) in [5.74, 6) is 0.872. The Morgan fingerprint density at radius 2 is 2.05 bits per heavy atom. The molecule has 2 rings (SSSR count). The minimum atomic E-state index is -0.320. The molecule has 0 radical (unpaired) electrons. The molecule has 1 heterocycles. The van der Waals surface area contributed by atoms with Crippen molar-refractivity contribution in [2.75, 3.05) is 19.7 Å². The number of ether oxygens (including phenoxy) is 1. The summed E-state index contributed by atoms with van der Waals surface area (Å²) in [7, 11) is 0. The summed E-state index contributed by atoms with van der Waals surface area (Å²) in [6.07, 6.45) is 4.06. The molecule has 0 amide bonds. The lowest BCUT2D eigenvalue weighted by atomic mass is 9.92. The van der Waals surface area contributed by atoms with Crippen LogP contribution in [0.3, 0.4) is 0 Å². The van der Waals surface area contributed by atoms with Gasteiger partial charge in [-0.05, 0) is 56.5 Å². The fourth-order valence-corrected chi connectivity index (χ4v) is 2.13. The summed E-state index contributed by atoms with van der Waals surface area (Å²) in [6.45, 7) is 6.45. The molecule has 0 atom stereocenters. The van der Waals surface area contributed by atoms with Gasteiger partial charge >= 0.3 is 0 Å². The van der Waals surface area contributed by atoms with Gasteiger partial charge in [0.05, 0.1) is 18.1 Å². The molecule has 3 heteroatoms. The largest absolute Gasteiger partial charge is 0.494 e. The van der Waals surface area contributed by atoms with Crippen LogP contribution in [0.4, 0.5) is 0 Å². The van der Waals surface area contributed by atoms with Gasteiger partial charge in [-0.25, -0.2) is 0 Å². The molecule has 3 nitrogen and oxygen atoms in total. The quantitative estimate of drug-likeness (QED) is 0.892. The third-order valence-electron chi connectivity index (χ3n) is 3.59. The van der Waals surface area contributed by atoms with E-state index in [1.165, 1.54) is 11.1 Å². The number of hydrogen-bond acceptors (Lipinski definition) is 3. The summed E-state index contributed by atoms with van der Waals surface area (Å²) in [5, 5.41) is 12.3. The summed E-state index contributed by atoms with van der Waals surface area (Å²) in [5.41, 5.74) is 2.36. The van der Waals surface area contributed by atoms with Crippen LogP contribution in [0, 0.1) is 16.7 Å². The lowest BCUT2D eigenvalue weighted by molar-refractivity contribution is 0.264. The average molecular weight is 270 g/mol. The molecule has 1 aliphatic rings. The molecule has 1 aliphatic heterocycles. The van der Waals surface area contributed by atoms with Crippen molar-refractivity contribution < 1.29 is 4.74 Å². The van der Waals surface area contributed by atoms with E-state index in [0.717, 1.165) is 31.7 Å². The molecule has 1 aromatic carbocycles. The highest BCUT2D eigenvalue weighted by molar-refractivity contribution is 5.67. The van der Waals surface area contributed by atoms with Crippen LogP contribution in [0.5, 0.6) is 5.75 Å². The van der Waals surface area contributed by atoms with Gasteiger partial charge in [0.2, 0.25) is 0 Å². The predicted octanol–water partition coefficient (Wildman–Crippen LogP) is 3.38. The van der Waals surface area contributed by atoms with Gasteiger partial charge in [-0.15, -0.1) is 0 Å². The van der Waals surface area contributed by atoms with Crippen molar-refractivity contribution in [3.63, 3.8) is 0 Å². The Kier molecular flexibility index (Phi) is 4.81. The van der Waals surface area contributed by atoms with Gasteiger partial charge in [-0.2, -0.15) is 5.26 Å². The average Bonchev–Trinajstić information content (AvgIpc) is 2.49. The van der Waals surface area contributed by atoms with Crippen molar-refractivity contribution in [1.82, 2.24) is 5.32 Å². The second-order valence-corrected chi connectivity index (χ2v) is 5.80. The van der Waals surface area contributed by atoms with Gasteiger partial charge in [-0.1, -0.05) is 18.2 Å². The molecule has 1 N–H and O–H groups in total.